The van der Waals surface area contributed by atoms with Gasteiger partial charge in [0.1, 0.15) is 11.1 Å². The number of carbonyl (C=O) groups is 1. The largest absolute Gasteiger partial charge is 0.325 e. The normalized spacial score (nSPS) is 10.3. The number of hydrogen-bond acceptors (Lipinski definition) is 4. The van der Waals surface area contributed by atoms with Crippen LogP contribution in [-0.2, 0) is 4.79 Å². The maximum absolute atomic E-state index is 12.2. The average molecular weight is 339 g/mol. The van der Waals surface area contributed by atoms with Gasteiger partial charge < -0.3 is 5.32 Å². The number of thioether (sulfide) groups is 1. The first-order valence-corrected chi connectivity index (χ1v) is 8.69. The van der Waals surface area contributed by atoms with Gasteiger partial charge in [0.2, 0.25) is 5.91 Å². The maximum atomic E-state index is 12.2. The highest BCUT2D eigenvalue weighted by Crippen LogP contribution is 2.26. The molecule has 1 amide bonds. The minimum atomic E-state index is -0.105. The van der Waals surface area contributed by atoms with E-state index in [1.807, 2.05) is 46.8 Å². The Labute approximate surface area is 147 Å². The predicted octanol–water partition coefficient (Wildman–Crippen LogP) is 4.23. The number of nitrogens with zero attached hydrogens (tertiary/aromatic N) is 2. The lowest BCUT2D eigenvalue weighted by Crippen LogP contribution is -2.14. The molecule has 0 atom stereocenters. The lowest BCUT2D eigenvalue weighted by atomic mass is 10.1. The first-order valence-electron chi connectivity index (χ1n) is 7.70. The van der Waals surface area contributed by atoms with Crippen molar-refractivity contribution >= 4 is 23.4 Å². The van der Waals surface area contributed by atoms with Crippen molar-refractivity contribution in [3.05, 3.63) is 51.7 Å². The number of anilines is 1. The van der Waals surface area contributed by atoms with Crippen molar-refractivity contribution in [2.24, 2.45) is 0 Å². The summed E-state index contributed by atoms with van der Waals surface area (Å²) in [4.78, 5) is 16.7. The molecule has 5 heteroatoms. The van der Waals surface area contributed by atoms with Crippen LogP contribution in [0.3, 0.4) is 0 Å². The third kappa shape index (κ3) is 4.15. The van der Waals surface area contributed by atoms with Crippen LogP contribution in [0.1, 0.15) is 33.5 Å². The van der Waals surface area contributed by atoms with Crippen molar-refractivity contribution in [2.75, 3.05) is 11.1 Å². The number of aryl methyl sites for hydroxylation is 3. The van der Waals surface area contributed by atoms with Crippen LogP contribution in [0.2, 0.25) is 0 Å². The van der Waals surface area contributed by atoms with Crippen LogP contribution in [0, 0.1) is 45.9 Å². The second-order valence-corrected chi connectivity index (χ2v) is 6.92. The molecular formula is C19H21N3OS. The zero-order valence-corrected chi connectivity index (χ0v) is 15.5. The summed E-state index contributed by atoms with van der Waals surface area (Å²) < 4.78 is 0. The fraction of sp³-hybridized carbons (Fsp3) is 0.316. The van der Waals surface area contributed by atoms with Crippen LogP contribution in [0.4, 0.5) is 5.69 Å². The molecular weight excluding hydrogens is 318 g/mol. The third-order valence-electron chi connectivity index (χ3n) is 3.92. The Morgan fingerprint density at radius 3 is 2.33 bits per heavy atom. The van der Waals surface area contributed by atoms with E-state index in [4.69, 9.17) is 0 Å². The number of carbonyl (C=O) groups excluding carboxylic acids is 1. The quantitative estimate of drug-likeness (QED) is 0.847. The van der Waals surface area contributed by atoms with Crippen molar-refractivity contribution < 1.29 is 4.79 Å². The van der Waals surface area contributed by atoms with E-state index in [0.717, 1.165) is 33.6 Å². The smallest absolute Gasteiger partial charge is 0.234 e. The average Bonchev–Trinajstić information content (AvgIpc) is 2.49. The summed E-state index contributed by atoms with van der Waals surface area (Å²) in [6, 6.07) is 8.14. The standard InChI is InChI=1S/C19H21N3OS/c1-11-6-12(2)8-16(7-11)22-18(23)10-24-19-17(9-20)14(4)13(3)15(5)21-19/h6-8H,10H2,1-5H3,(H,22,23). The molecule has 1 aromatic carbocycles. The van der Waals surface area contributed by atoms with E-state index in [-0.39, 0.29) is 11.7 Å². The van der Waals surface area contributed by atoms with Crippen LogP contribution in [-0.4, -0.2) is 16.6 Å². The monoisotopic (exact) mass is 339 g/mol. The number of rotatable bonds is 4. The lowest BCUT2D eigenvalue weighted by Gasteiger charge is -2.11. The summed E-state index contributed by atoms with van der Waals surface area (Å²) in [5.41, 5.74) is 6.42. The van der Waals surface area contributed by atoms with Crippen LogP contribution in [0.15, 0.2) is 23.2 Å². The van der Waals surface area contributed by atoms with Crippen molar-refractivity contribution in [2.45, 2.75) is 39.6 Å². The second kappa shape index (κ2) is 7.50. The first-order chi connectivity index (χ1) is 11.3. The molecule has 0 aliphatic heterocycles. The summed E-state index contributed by atoms with van der Waals surface area (Å²) in [5.74, 6) is 0.114. The lowest BCUT2D eigenvalue weighted by molar-refractivity contribution is -0.113. The first kappa shape index (κ1) is 18.0. The molecule has 4 nitrogen and oxygen atoms in total. The van der Waals surface area contributed by atoms with Gasteiger partial charge in [-0.3, -0.25) is 4.79 Å². The second-order valence-electron chi connectivity index (χ2n) is 5.95. The maximum Gasteiger partial charge on any atom is 0.234 e. The Hall–Kier alpha value is -2.32. The molecule has 0 aliphatic carbocycles. The predicted molar refractivity (Wildman–Crippen MR) is 98.4 cm³/mol. The minimum Gasteiger partial charge on any atom is -0.325 e. The highest BCUT2D eigenvalue weighted by Gasteiger charge is 2.14. The SMILES string of the molecule is Cc1cc(C)cc(NC(=O)CSc2nc(C)c(C)c(C)c2C#N)c1. The van der Waals surface area contributed by atoms with Gasteiger partial charge in [-0.2, -0.15) is 5.26 Å². The van der Waals surface area contributed by atoms with Crippen molar-refractivity contribution in [3.63, 3.8) is 0 Å². The van der Waals surface area contributed by atoms with Gasteiger partial charge in [0, 0.05) is 11.4 Å². The van der Waals surface area contributed by atoms with Gasteiger partial charge in [-0.25, -0.2) is 4.98 Å². The van der Waals surface area contributed by atoms with Gasteiger partial charge in [0.15, 0.2) is 0 Å². The molecule has 0 bridgehead atoms. The van der Waals surface area contributed by atoms with Crippen molar-refractivity contribution in [3.8, 4) is 6.07 Å². The molecule has 0 saturated carbocycles. The molecule has 0 fully saturated rings. The molecule has 1 aromatic heterocycles. The molecule has 1 N–H and O–H groups in total. The molecule has 0 aliphatic rings. The van der Waals surface area contributed by atoms with Crippen molar-refractivity contribution in [1.29, 1.82) is 5.26 Å². The Kier molecular flexibility index (Phi) is 5.63. The summed E-state index contributed by atoms with van der Waals surface area (Å²) >= 11 is 1.30. The number of aromatic nitrogens is 1. The summed E-state index contributed by atoms with van der Waals surface area (Å²) in [5, 5.41) is 12.9. The van der Waals surface area contributed by atoms with Gasteiger partial charge in [0.05, 0.1) is 11.3 Å². The number of amides is 1. The summed E-state index contributed by atoms with van der Waals surface area (Å²) in [6.07, 6.45) is 0. The molecule has 2 rings (SSSR count). The molecule has 0 unspecified atom stereocenters. The Morgan fingerprint density at radius 1 is 1.12 bits per heavy atom. The Bertz CT molecular complexity index is 817. The minimum absolute atomic E-state index is 0.105. The number of hydrogen-bond donors (Lipinski definition) is 1. The molecule has 1 heterocycles. The number of benzene rings is 1. The number of nitrogens with one attached hydrogen (secondary N) is 1. The van der Waals surface area contributed by atoms with E-state index in [1.54, 1.807) is 0 Å². The third-order valence-corrected chi connectivity index (χ3v) is 4.90. The van der Waals surface area contributed by atoms with Crippen LogP contribution in [0.25, 0.3) is 0 Å². The van der Waals surface area contributed by atoms with Gasteiger partial charge in [0.25, 0.3) is 0 Å². The van der Waals surface area contributed by atoms with E-state index >= 15 is 0 Å². The zero-order valence-electron chi connectivity index (χ0n) is 14.7. The van der Waals surface area contributed by atoms with Crippen LogP contribution < -0.4 is 5.32 Å². The molecule has 0 spiro atoms. The van der Waals surface area contributed by atoms with E-state index < -0.39 is 0 Å². The Morgan fingerprint density at radius 2 is 1.75 bits per heavy atom. The molecule has 0 saturated heterocycles. The van der Waals surface area contributed by atoms with E-state index in [1.165, 1.54) is 11.8 Å². The number of nitriles is 1. The summed E-state index contributed by atoms with van der Waals surface area (Å²) in [7, 11) is 0. The topological polar surface area (TPSA) is 65.8 Å². The van der Waals surface area contributed by atoms with Gasteiger partial charge in [-0.1, -0.05) is 17.8 Å². The Balaban J connectivity index is 2.11. The zero-order chi connectivity index (χ0) is 17.9. The highest BCUT2D eigenvalue weighted by molar-refractivity contribution is 8.00. The van der Waals surface area contributed by atoms with Gasteiger partial charge >= 0.3 is 0 Å². The van der Waals surface area contributed by atoms with Gasteiger partial charge in [-0.05, 0) is 69.0 Å². The number of pyridine rings is 1. The molecule has 24 heavy (non-hydrogen) atoms. The summed E-state index contributed by atoms with van der Waals surface area (Å²) in [6.45, 7) is 9.79. The molecule has 0 radical (unpaired) electrons. The van der Waals surface area contributed by atoms with E-state index in [9.17, 15) is 10.1 Å². The highest BCUT2D eigenvalue weighted by atomic mass is 32.2. The van der Waals surface area contributed by atoms with E-state index in [0.29, 0.717) is 10.6 Å². The van der Waals surface area contributed by atoms with Crippen LogP contribution >= 0.6 is 11.8 Å². The molecule has 2 aromatic rings. The fourth-order valence-corrected chi connectivity index (χ4v) is 3.41. The fourth-order valence-electron chi connectivity index (χ4n) is 2.53. The van der Waals surface area contributed by atoms with Crippen LogP contribution in [0.5, 0.6) is 0 Å². The van der Waals surface area contributed by atoms with Gasteiger partial charge in [-0.15, -0.1) is 0 Å². The molecule has 124 valence electrons. The van der Waals surface area contributed by atoms with Crippen molar-refractivity contribution in [1.82, 2.24) is 4.98 Å². The van der Waals surface area contributed by atoms with E-state index in [2.05, 4.69) is 22.4 Å².